The average Bonchev–Trinajstić information content (AvgIpc) is 3.14. The lowest BCUT2D eigenvalue weighted by Gasteiger charge is -2.12. The van der Waals surface area contributed by atoms with E-state index >= 15 is 0 Å². The van der Waals surface area contributed by atoms with Crippen LogP contribution in [0.15, 0.2) is 70.2 Å². The van der Waals surface area contributed by atoms with Gasteiger partial charge in [0.1, 0.15) is 6.34 Å². The van der Waals surface area contributed by atoms with Gasteiger partial charge in [0.15, 0.2) is 0 Å². The van der Waals surface area contributed by atoms with Crippen molar-refractivity contribution < 1.29 is 13.2 Å². The molecule has 0 aliphatic rings. The molecule has 0 aliphatic heterocycles. The van der Waals surface area contributed by atoms with Gasteiger partial charge in [0.2, 0.25) is 5.91 Å². The molecule has 162 valence electrons. The third kappa shape index (κ3) is 5.74. The highest BCUT2D eigenvalue weighted by molar-refractivity contribution is 7.90. The summed E-state index contributed by atoms with van der Waals surface area (Å²) in [6, 6.07) is 13.7. The highest BCUT2D eigenvalue weighted by Gasteiger charge is 2.20. The number of carbonyl (C=O) groups excluding carboxylic acids is 1. The molecule has 0 bridgehead atoms. The van der Waals surface area contributed by atoms with E-state index in [-0.39, 0.29) is 17.2 Å². The molecule has 0 unspecified atom stereocenters. The molecule has 0 spiro atoms. The lowest BCUT2D eigenvalue weighted by molar-refractivity contribution is -0.115. The van der Waals surface area contributed by atoms with Crippen LogP contribution in [0.5, 0.6) is 0 Å². The number of halogens is 1. The van der Waals surface area contributed by atoms with E-state index in [0.717, 1.165) is 5.56 Å². The van der Waals surface area contributed by atoms with Crippen molar-refractivity contribution in [3.05, 3.63) is 71.5 Å². The first-order chi connectivity index (χ1) is 14.7. The summed E-state index contributed by atoms with van der Waals surface area (Å²) in [7, 11) is 1.22. The Balaban J connectivity index is 1.96. The molecule has 0 saturated heterocycles. The molecular formula is C22H23ClN4O3S. The standard InChI is InChI=1S/C22H23ClN4O3S/c1-26(2)15-24-31(29,30)21-13-18(8-9-19(21)17-10-11-27(3)14-17)25-22(28)12-16-6-4-5-7-20(16)23/h4-11,13-15H,12H2,1-3H3,(H,25,28)/b24-15+. The fourth-order valence-electron chi connectivity index (χ4n) is 2.95. The zero-order valence-electron chi connectivity index (χ0n) is 17.4. The topological polar surface area (TPSA) is 83.8 Å². The maximum absolute atomic E-state index is 12.9. The van der Waals surface area contributed by atoms with Crippen molar-refractivity contribution in [2.45, 2.75) is 11.3 Å². The molecule has 31 heavy (non-hydrogen) atoms. The quantitative estimate of drug-likeness (QED) is 0.431. The fraction of sp³-hybridized carbons (Fsp3) is 0.182. The lowest BCUT2D eigenvalue weighted by atomic mass is 10.1. The summed E-state index contributed by atoms with van der Waals surface area (Å²) in [5, 5.41) is 3.25. The zero-order valence-corrected chi connectivity index (χ0v) is 19.0. The predicted molar refractivity (Wildman–Crippen MR) is 124 cm³/mol. The Hall–Kier alpha value is -3.10. The van der Waals surface area contributed by atoms with Crippen LogP contribution in [0.4, 0.5) is 5.69 Å². The molecule has 9 heteroatoms. The van der Waals surface area contributed by atoms with Crippen LogP contribution in [0.1, 0.15) is 5.56 Å². The van der Waals surface area contributed by atoms with Crippen LogP contribution < -0.4 is 5.32 Å². The summed E-state index contributed by atoms with van der Waals surface area (Å²) in [6.45, 7) is 0. The molecule has 0 fully saturated rings. The van der Waals surface area contributed by atoms with Gasteiger partial charge >= 0.3 is 0 Å². The van der Waals surface area contributed by atoms with Crippen molar-refractivity contribution in [3.63, 3.8) is 0 Å². The highest BCUT2D eigenvalue weighted by atomic mass is 35.5. The number of carbonyl (C=O) groups is 1. The van der Waals surface area contributed by atoms with Gasteiger partial charge in [-0.25, -0.2) is 0 Å². The Bertz CT molecular complexity index is 1230. The third-order valence-corrected chi connectivity index (χ3v) is 6.05. The monoisotopic (exact) mass is 458 g/mol. The molecule has 0 saturated carbocycles. The largest absolute Gasteiger partial charge is 0.368 e. The van der Waals surface area contributed by atoms with Crippen LogP contribution in [-0.2, 0) is 28.3 Å². The zero-order chi connectivity index (χ0) is 22.6. The van der Waals surface area contributed by atoms with Crippen molar-refractivity contribution in [3.8, 4) is 11.1 Å². The summed E-state index contributed by atoms with van der Waals surface area (Å²) >= 11 is 6.13. The maximum atomic E-state index is 12.9. The number of hydrogen-bond acceptors (Lipinski definition) is 3. The van der Waals surface area contributed by atoms with E-state index in [1.165, 1.54) is 17.3 Å². The number of amides is 1. The molecule has 0 radical (unpaired) electrons. The first-order valence-corrected chi connectivity index (χ1v) is 11.2. The third-order valence-electron chi connectivity index (χ3n) is 4.41. The van der Waals surface area contributed by atoms with Gasteiger partial charge in [0.05, 0.1) is 11.3 Å². The van der Waals surface area contributed by atoms with Crippen molar-refractivity contribution >= 4 is 39.6 Å². The van der Waals surface area contributed by atoms with Gasteiger partial charge < -0.3 is 14.8 Å². The Morgan fingerprint density at radius 1 is 1.19 bits per heavy atom. The van der Waals surface area contributed by atoms with Crippen LogP contribution in [0.3, 0.4) is 0 Å². The van der Waals surface area contributed by atoms with Gasteiger partial charge in [0.25, 0.3) is 10.0 Å². The second-order valence-electron chi connectivity index (χ2n) is 7.25. The van der Waals surface area contributed by atoms with Gasteiger partial charge in [-0.05, 0) is 29.8 Å². The van der Waals surface area contributed by atoms with Crippen LogP contribution in [0.2, 0.25) is 5.02 Å². The molecule has 3 aromatic rings. The number of rotatable bonds is 7. The smallest absolute Gasteiger partial charge is 0.284 e. The molecular weight excluding hydrogens is 436 g/mol. The Labute approximate surface area is 187 Å². The first kappa shape index (κ1) is 22.6. The Kier molecular flexibility index (Phi) is 6.82. The number of aryl methyl sites for hydroxylation is 1. The van der Waals surface area contributed by atoms with Crippen LogP contribution in [-0.4, -0.2) is 44.2 Å². The van der Waals surface area contributed by atoms with Crippen molar-refractivity contribution in [2.75, 3.05) is 19.4 Å². The summed E-state index contributed by atoms with van der Waals surface area (Å²) in [4.78, 5) is 14.1. The van der Waals surface area contributed by atoms with Gasteiger partial charge in [-0.3, -0.25) is 4.79 Å². The summed E-state index contributed by atoms with van der Waals surface area (Å²) < 4.78 is 31.5. The predicted octanol–water partition coefficient (Wildman–Crippen LogP) is 3.81. The minimum Gasteiger partial charge on any atom is -0.368 e. The van der Waals surface area contributed by atoms with E-state index in [0.29, 0.717) is 21.8 Å². The lowest BCUT2D eigenvalue weighted by Crippen LogP contribution is -2.15. The number of aromatic nitrogens is 1. The van der Waals surface area contributed by atoms with E-state index in [4.69, 9.17) is 11.6 Å². The molecule has 1 N–H and O–H groups in total. The number of anilines is 1. The van der Waals surface area contributed by atoms with Crippen LogP contribution >= 0.6 is 11.6 Å². The summed E-state index contributed by atoms with van der Waals surface area (Å²) in [6.07, 6.45) is 4.95. The molecule has 0 aliphatic carbocycles. The molecule has 1 amide bonds. The minimum absolute atomic E-state index is 0.00680. The van der Waals surface area contributed by atoms with Gasteiger partial charge in [-0.15, -0.1) is 4.40 Å². The van der Waals surface area contributed by atoms with E-state index in [1.807, 2.05) is 30.1 Å². The number of nitrogens with zero attached hydrogens (tertiary/aromatic N) is 3. The molecule has 1 aromatic heterocycles. The van der Waals surface area contributed by atoms with Crippen molar-refractivity contribution in [1.82, 2.24) is 9.47 Å². The molecule has 0 atom stereocenters. The van der Waals surface area contributed by atoms with Crippen LogP contribution in [0.25, 0.3) is 11.1 Å². The second kappa shape index (κ2) is 9.36. The molecule has 3 rings (SSSR count). The minimum atomic E-state index is -4.00. The normalized spacial score (nSPS) is 11.6. The Morgan fingerprint density at radius 2 is 1.94 bits per heavy atom. The number of nitrogens with one attached hydrogen (secondary N) is 1. The van der Waals surface area contributed by atoms with Crippen molar-refractivity contribution in [2.24, 2.45) is 11.4 Å². The number of sulfonamides is 1. The van der Waals surface area contributed by atoms with Gasteiger partial charge in [-0.1, -0.05) is 35.9 Å². The summed E-state index contributed by atoms with van der Waals surface area (Å²) in [5.74, 6) is -0.305. The second-order valence-corrected chi connectivity index (χ2v) is 9.26. The first-order valence-electron chi connectivity index (χ1n) is 9.42. The van der Waals surface area contributed by atoms with E-state index in [9.17, 15) is 13.2 Å². The summed E-state index contributed by atoms with van der Waals surface area (Å²) in [5.41, 5.74) is 2.28. The van der Waals surface area contributed by atoms with E-state index in [1.54, 1.807) is 50.5 Å². The maximum Gasteiger partial charge on any atom is 0.284 e. The van der Waals surface area contributed by atoms with E-state index < -0.39 is 10.0 Å². The van der Waals surface area contributed by atoms with Crippen LogP contribution in [0, 0.1) is 0 Å². The SMILES string of the molecule is CN(C)/C=N/S(=O)(=O)c1cc(NC(=O)Cc2ccccc2Cl)ccc1-c1ccn(C)c1. The van der Waals surface area contributed by atoms with Gasteiger partial charge in [0, 0.05) is 55.4 Å². The number of hydrogen-bond donors (Lipinski definition) is 1. The van der Waals surface area contributed by atoms with Gasteiger partial charge in [-0.2, -0.15) is 8.42 Å². The number of benzene rings is 2. The molecule has 1 heterocycles. The molecule has 7 nitrogen and oxygen atoms in total. The highest BCUT2D eigenvalue weighted by Crippen LogP contribution is 2.31. The fourth-order valence-corrected chi connectivity index (χ4v) is 4.32. The van der Waals surface area contributed by atoms with Crippen molar-refractivity contribution in [1.29, 1.82) is 0 Å². The average molecular weight is 459 g/mol. The molecule has 2 aromatic carbocycles. The Morgan fingerprint density at radius 3 is 2.58 bits per heavy atom. The van der Waals surface area contributed by atoms with E-state index in [2.05, 4.69) is 9.71 Å².